The van der Waals surface area contributed by atoms with Crippen molar-refractivity contribution in [2.75, 3.05) is 18.0 Å². The average Bonchev–Trinajstić information content (AvgIpc) is 2.96. The van der Waals surface area contributed by atoms with E-state index < -0.39 is 0 Å². The van der Waals surface area contributed by atoms with Gasteiger partial charge in [0.2, 0.25) is 11.8 Å². The van der Waals surface area contributed by atoms with Crippen LogP contribution in [0.25, 0.3) is 0 Å². The lowest BCUT2D eigenvalue weighted by Gasteiger charge is -2.16. The molecule has 6 nitrogen and oxygen atoms in total. The molecule has 1 aliphatic rings. The zero-order valence-electron chi connectivity index (χ0n) is 9.35. The van der Waals surface area contributed by atoms with Crippen LogP contribution in [-0.4, -0.2) is 29.2 Å². The second-order valence-corrected chi connectivity index (χ2v) is 4.09. The molecule has 16 heavy (non-hydrogen) atoms. The van der Waals surface area contributed by atoms with Gasteiger partial charge in [0.05, 0.1) is 0 Å². The Kier molecular flexibility index (Phi) is 3.07. The van der Waals surface area contributed by atoms with Crippen LogP contribution in [0, 0.1) is 0 Å². The summed E-state index contributed by atoms with van der Waals surface area (Å²) in [4.78, 5) is 12.6. The second kappa shape index (κ2) is 4.51. The Balaban J connectivity index is 2.06. The highest BCUT2D eigenvalue weighted by atomic mass is 16.4. The number of aromatic nitrogens is 2. The van der Waals surface area contributed by atoms with Crippen LogP contribution in [0.1, 0.15) is 38.0 Å². The third-order valence-electron chi connectivity index (χ3n) is 2.47. The first-order valence-electron chi connectivity index (χ1n) is 5.57. The molecule has 0 atom stereocenters. The van der Waals surface area contributed by atoms with Crippen molar-refractivity contribution in [3.05, 3.63) is 5.89 Å². The molecule has 1 amide bonds. The molecule has 0 bridgehead atoms. The van der Waals surface area contributed by atoms with Gasteiger partial charge in [0.25, 0.3) is 0 Å². The van der Waals surface area contributed by atoms with Crippen LogP contribution in [0.2, 0.25) is 0 Å². The monoisotopic (exact) mass is 224 g/mol. The molecule has 1 fully saturated rings. The second-order valence-electron chi connectivity index (χ2n) is 4.09. The summed E-state index contributed by atoms with van der Waals surface area (Å²) in [5.74, 6) is 0.721. The summed E-state index contributed by atoms with van der Waals surface area (Å²) in [5.41, 5.74) is 5.17. The summed E-state index contributed by atoms with van der Waals surface area (Å²) < 4.78 is 5.52. The number of primary amides is 1. The van der Waals surface area contributed by atoms with Gasteiger partial charge >= 0.3 is 6.01 Å². The van der Waals surface area contributed by atoms with Crippen LogP contribution in [0.3, 0.4) is 0 Å². The minimum Gasteiger partial charge on any atom is -0.408 e. The number of anilines is 1. The third-order valence-corrected chi connectivity index (χ3v) is 2.47. The van der Waals surface area contributed by atoms with Crippen molar-refractivity contribution in [1.82, 2.24) is 10.2 Å². The van der Waals surface area contributed by atoms with Crippen LogP contribution < -0.4 is 10.6 Å². The number of carbonyl (C=O) groups is 1. The quantitative estimate of drug-likeness (QED) is 0.766. The zero-order chi connectivity index (χ0) is 11.5. The first kappa shape index (κ1) is 10.9. The van der Waals surface area contributed by atoms with Crippen LogP contribution in [-0.2, 0) is 4.79 Å². The Bertz CT molecular complexity index is 373. The molecule has 0 unspecified atom stereocenters. The first-order chi connectivity index (χ1) is 7.70. The lowest BCUT2D eigenvalue weighted by molar-refractivity contribution is -0.116. The molecule has 0 aromatic carbocycles. The Morgan fingerprint density at radius 3 is 2.88 bits per heavy atom. The standard InChI is InChI=1S/C10H16N4O2/c1-2-5-14(6-8(11)15)10-13-12-9(16-10)7-3-4-7/h7H,2-6H2,1H3,(H2,11,15). The molecule has 1 aliphatic carbocycles. The van der Waals surface area contributed by atoms with Crippen molar-refractivity contribution in [3.8, 4) is 0 Å². The van der Waals surface area contributed by atoms with Crippen molar-refractivity contribution < 1.29 is 9.21 Å². The number of carbonyl (C=O) groups excluding carboxylic acids is 1. The number of amides is 1. The van der Waals surface area contributed by atoms with E-state index in [0.717, 1.165) is 19.3 Å². The molecule has 2 rings (SSSR count). The topological polar surface area (TPSA) is 85.2 Å². The summed E-state index contributed by atoms with van der Waals surface area (Å²) in [6.45, 7) is 2.83. The van der Waals surface area contributed by atoms with E-state index in [9.17, 15) is 4.79 Å². The molecule has 6 heteroatoms. The summed E-state index contributed by atoms with van der Waals surface area (Å²) in [7, 11) is 0. The Hall–Kier alpha value is -1.59. The van der Waals surface area contributed by atoms with Gasteiger partial charge in [-0.05, 0) is 19.3 Å². The minimum atomic E-state index is -0.389. The largest absolute Gasteiger partial charge is 0.408 e. The highest BCUT2D eigenvalue weighted by Crippen LogP contribution is 2.39. The maximum Gasteiger partial charge on any atom is 0.318 e. The average molecular weight is 224 g/mol. The highest BCUT2D eigenvalue weighted by molar-refractivity contribution is 5.78. The highest BCUT2D eigenvalue weighted by Gasteiger charge is 2.30. The summed E-state index contributed by atoms with van der Waals surface area (Å²) >= 11 is 0. The Labute approximate surface area is 93.8 Å². The molecule has 2 N–H and O–H groups in total. The fourth-order valence-electron chi connectivity index (χ4n) is 1.55. The van der Waals surface area contributed by atoms with Gasteiger partial charge < -0.3 is 15.1 Å². The summed E-state index contributed by atoms with van der Waals surface area (Å²) in [6, 6.07) is 0.405. The Morgan fingerprint density at radius 1 is 1.56 bits per heavy atom. The lowest BCUT2D eigenvalue weighted by atomic mass is 10.4. The van der Waals surface area contributed by atoms with Gasteiger partial charge in [-0.25, -0.2) is 0 Å². The van der Waals surface area contributed by atoms with Crippen LogP contribution in [0.4, 0.5) is 6.01 Å². The van der Waals surface area contributed by atoms with Crippen LogP contribution in [0.15, 0.2) is 4.42 Å². The predicted octanol–water partition coefficient (Wildman–Crippen LogP) is 0.649. The number of hydrogen-bond acceptors (Lipinski definition) is 5. The molecule has 1 heterocycles. The fraction of sp³-hybridized carbons (Fsp3) is 0.700. The van der Waals surface area contributed by atoms with Crippen molar-refractivity contribution in [3.63, 3.8) is 0 Å². The fourth-order valence-corrected chi connectivity index (χ4v) is 1.55. The molecule has 88 valence electrons. The van der Waals surface area contributed by atoms with E-state index in [4.69, 9.17) is 10.2 Å². The smallest absolute Gasteiger partial charge is 0.318 e. The van der Waals surface area contributed by atoms with Gasteiger partial charge in [-0.3, -0.25) is 4.79 Å². The van der Waals surface area contributed by atoms with Crippen LogP contribution in [0.5, 0.6) is 0 Å². The Morgan fingerprint density at radius 2 is 2.31 bits per heavy atom. The zero-order valence-corrected chi connectivity index (χ0v) is 9.35. The molecule has 0 radical (unpaired) electrons. The van der Waals surface area contributed by atoms with Crippen molar-refractivity contribution >= 4 is 11.9 Å². The minimum absolute atomic E-state index is 0.125. The van der Waals surface area contributed by atoms with Gasteiger partial charge in [-0.2, -0.15) is 0 Å². The molecule has 1 aromatic heterocycles. The number of hydrogen-bond donors (Lipinski definition) is 1. The maximum atomic E-state index is 10.9. The SMILES string of the molecule is CCCN(CC(N)=O)c1nnc(C2CC2)o1. The van der Waals surface area contributed by atoms with Crippen LogP contribution >= 0.6 is 0 Å². The van der Waals surface area contributed by atoms with Crippen molar-refractivity contribution in [2.45, 2.75) is 32.1 Å². The third kappa shape index (κ3) is 2.50. The van der Waals surface area contributed by atoms with Crippen molar-refractivity contribution in [1.29, 1.82) is 0 Å². The molecule has 0 aliphatic heterocycles. The normalized spacial score (nSPS) is 15.1. The van der Waals surface area contributed by atoms with E-state index in [0.29, 0.717) is 24.4 Å². The van der Waals surface area contributed by atoms with Gasteiger partial charge in [0, 0.05) is 12.5 Å². The first-order valence-corrected chi connectivity index (χ1v) is 5.57. The predicted molar refractivity (Wildman–Crippen MR) is 58.0 cm³/mol. The molecule has 1 saturated carbocycles. The van der Waals surface area contributed by atoms with E-state index >= 15 is 0 Å². The molecular formula is C10H16N4O2. The summed E-state index contributed by atoms with van der Waals surface area (Å²) in [6.07, 6.45) is 3.13. The molecule has 1 aromatic rings. The number of rotatable bonds is 6. The van der Waals surface area contributed by atoms with E-state index in [1.54, 1.807) is 4.90 Å². The van der Waals surface area contributed by atoms with E-state index in [-0.39, 0.29) is 12.5 Å². The van der Waals surface area contributed by atoms with E-state index in [2.05, 4.69) is 10.2 Å². The maximum absolute atomic E-state index is 10.9. The van der Waals surface area contributed by atoms with E-state index in [1.807, 2.05) is 6.92 Å². The number of nitrogens with zero attached hydrogens (tertiary/aromatic N) is 3. The summed E-state index contributed by atoms with van der Waals surface area (Å²) in [5, 5.41) is 7.93. The van der Waals surface area contributed by atoms with Gasteiger partial charge in [-0.1, -0.05) is 12.0 Å². The van der Waals surface area contributed by atoms with E-state index in [1.165, 1.54) is 0 Å². The van der Waals surface area contributed by atoms with Crippen molar-refractivity contribution in [2.24, 2.45) is 5.73 Å². The number of nitrogens with two attached hydrogens (primary N) is 1. The lowest BCUT2D eigenvalue weighted by Crippen LogP contribution is -2.34. The van der Waals surface area contributed by atoms with Gasteiger partial charge in [0.15, 0.2) is 0 Å². The molecular weight excluding hydrogens is 208 g/mol. The van der Waals surface area contributed by atoms with Gasteiger partial charge in [0.1, 0.15) is 6.54 Å². The molecule has 0 spiro atoms. The molecule has 0 saturated heterocycles. The van der Waals surface area contributed by atoms with Gasteiger partial charge in [-0.15, -0.1) is 5.10 Å².